The number of carboxylic acid groups (broad SMARTS) is 2. The second kappa shape index (κ2) is 7.41. The lowest BCUT2D eigenvalue weighted by Gasteiger charge is -2.11. The van der Waals surface area contributed by atoms with Crippen molar-refractivity contribution in [1.82, 2.24) is 4.40 Å². The molecule has 10 nitrogen and oxygen atoms in total. The molecule has 0 bridgehead atoms. The summed E-state index contributed by atoms with van der Waals surface area (Å²) in [6.07, 6.45) is 3.71. The molecule has 1 amide bonds. The fraction of sp³-hybridized carbons (Fsp3) is 0.125. The maximum atomic E-state index is 12.0. The Morgan fingerprint density at radius 1 is 1.26 bits per heavy atom. The van der Waals surface area contributed by atoms with Crippen LogP contribution in [-0.4, -0.2) is 58.1 Å². The lowest BCUT2D eigenvalue weighted by atomic mass is 10.2. The molecule has 2 heterocycles. The summed E-state index contributed by atoms with van der Waals surface area (Å²) in [5.74, 6) is -4.31. The Bertz CT molecular complexity index is 1100. The summed E-state index contributed by atoms with van der Waals surface area (Å²) in [6, 6.07) is 6.06. The first-order valence-electron chi connectivity index (χ1n) is 7.34. The molecular formula is C16H15N3O7S. The molecule has 2 rings (SSSR count). The monoisotopic (exact) mass is 393 g/mol. The number of carboxylic acids is 2. The third-order valence-corrected chi connectivity index (χ3v) is 4.80. The van der Waals surface area contributed by atoms with Gasteiger partial charge in [-0.1, -0.05) is 12.1 Å². The van der Waals surface area contributed by atoms with E-state index in [9.17, 15) is 33.0 Å². The molecule has 0 aromatic carbocycles. The third kappa shape index (κ3) is 4.39. The van der Waals surface area contributed by atoms with Crippen LogP contribution >= 0.6 is 0 Å². The molecule has 1 unspecified atom stereocenters. The van der Waals surface area contributed by atoms with Crippen LogP contribution in [0.3, 0.4) is 0 Å². The minimum Gasteiger partial charge on any atom is -0.478 e. The van der Waals surface area contributed by atoms with Crippen LogP contribution in [-0.2, 0) is 19.4 Å². The Kier molecular flexibility index (Phi) is 5.45. The number of fused-ring (bicyclic) bond motifs is 1. The van der Waals surface area contributed by atoms with Gasteiger partial charge < -0.3 is 20.3 Å². The lowest BCUT2D eigenvalue weighted by Crippen LogP contribution is -2.34. The predicted octanol–water partition coefficient (Wildman–Crippen LogP) is 0.249. The van der Waals surface area contributed by atoms with Crippen LogP contribution in [0.2, 0.25) is 0 Å². The smallest absolute Gasteiger partial charge is 0.352 e. The second-order valence-electron chi connectivity index (χ2n) is 5.50. The number of primary amides is 1. The van der Waals surface area contributed by atoms with Crippen LogP contribution in [0.4, 0.5) is 5.82 Å². The van der Waals surface area contributed by atoms with Gasteiger partial charge in [-0.2, -0.15) is 0 Å². The maximum Gasteiger partial charge on any atom is 0.352 e. The Hall–Kier alpha value is -3.47. The second-order valence-corrected chi connectivity index (χ2v) is 7.66. The van der Waals surface area contributed by atoms with Crippen molar-refractivity contribution < 1.29 is 33.0 Å². The summed E-state index contributed by atoms with van der Waals surface area (Å²) >= 11 is 0. The van der Waals surface area contributed by atoms with Crippen molar-refractivity contribution in [2.75, 3.05) is 6.26 Å². The van der Waals surface area contributed by atoms with E-state index in [4.69, 9.17) is 5.73 Å². The highest BCUT2D eigenvalue weighted by Crippen LogP contribution is 2.26. The van der Waals surface area contributed by atoms with Crippen molar-refractivity contribution >= 4 is 44.7 Å². The molecule has 4 N–H and O–H groups in total. The van der Waals surface area contributed by atoms with Crippen LogP contribution in [0.1, 0.15) is 10.4 Å². The number of nitrogens with zero attached hydrogens (tertiary/aromatic N) is 2. The topological polar surface area (TPSA) is 169 Å². The number of carbonyl (C=O) groups excluding carboxylic acids is 1. The molecule has 0 saturated heterocycles. The summed E-state index contributed by atoms with van der Waals surface area (Å²) in [4.78, 5) is 37.9. The van der Waals surface area contributed by atoms with Gasteiger partial charge in [0.05, 0.1) is 0 Å². The number of amides is 1. The summed E-state index contributed by atoms with van der Waals surface area (Å²) in [5, 5.41) is 17.0. The summed E-state index contributed by atoms with van der Waals surface area (Å²) < 4.78 is 25.4. The highest BCUT2D eigenvalue weighted by atomic mass is 32.2. The zero-order chi connectivity index (χ0) is 20.4. The molecule has 0 radical (unpaired) electrons. The molecule has 27 heavy (non-hydrogen) atoms. The van der Waals surface area contributed by atoms with Crippen molar-refractivity contribution in [2.45, 2.75) is 5.25 Å². The fourth-order valence-corrected chi connectivity index (χ4v) is 3.27. The van der Waals surface area contributed by atoms with Gasteiger partial charge in [0.2, 0.25) is 5.91 Å². The van der Waals surface area contributed by atoms with E-state index in [0.29, 0.717) is 11.6 Å². The summed E-state index contributed by atoms with van der Waals surface area (Å²) in [7, 11) is -4.06. The number of sulfone groups is 1. The van der Waals surface area contributed by atoms with Crippen LogP contribution in [0.15, 0.2) is 47.6 Å². The first-order chi connectivity index (χ1) is 12.5. The SMILES string of the molecule is CS(=O)(=O)C(C=CC(N)=O)C(=Nc1c(C(=O)O)cc2ccccn12)C(=O)O. The molecule has 0 spiro atoms. The van der Waals surface area contributed by atoms with Crippen LogP contribution in [0, 0.1) is 0 Å². The highest BCUT2D eigenvalue weighted by Gasteiger charge is 2.31. The van der Waals surface area contributed by atoms with Gasteiger partial charge in [-0.15, -0.1) is 0 Å². The van der Waals surface area contributed by atoms with Crippen LogP contribution < -0.4 is 5.73 Å². The number of carbonyl (C=O) groups is 3. The van der Waals surface area contributed by atoms with Crippen LogP contribution in [0.25, 0.3) is 5.52 Å². The van der Waals surface area contributed by atoms with Crippen molar-refractivity contribution in [3.63, 3.8) is 0 Å². The van der Waals surface area contributed by atoms with E-state index in [1.165, 1.54) is 16.7 Å². The zero-order valence-electron chi connectivity index (χ0n) is 13.9. The molecule has 1 atom stereocenters. The Labute approximate surface area is 153 Å². The first-order valence-corrected chi connectivity index (χ1v) is 9.29. The van der Waals surface area contributed by atoms with Gasteiger partial charge in [0.25, 0.3) is 0 Å². The average Bonchev–Trinajstić information content (AvgIpc) is 2.91. The summed E-state index contributed by atoms with van der Waals surface area (Å²) in [5.41, 5.74) is 4.18. The molecular weight excluding hydrogens is 378 g/mol. The fourth-order valence-electron chi connectivity index (χ4n) is 2.35. The van der Waals surface area contributed by atoms with Gasteiger partial charge in [0, 0.05) is 24.0 Å². The Balaban J connectivity index is 2.80. The number of aromatic nitrogens is 1. The van der Waals surface area contributed by atoms with E-state index < -0.39 is 38.6 Å². The Morgan fingerprint density at radius 2 is 1.93 bits per heavy atom. The Morgan fingerprint density at radius 3 is 2.44 bits per heavy atom. The molecule has 0 aliphatic carbocycles. The number of aliphatic imine (C=N–C) groups is 1. The van der Waals surface area contributed by atoms with Gasteiger partial charge in [0.1, 0.15) is 16.5 Å². The maximum absolute atomic E-state index is 12.0. The normalized spacial score (nSPS) is 13.7. The molecule has 2 aromatic heterocycles. The average molecular weight is 393 g/mol. The quantitative estimate of drug-likeness (QED) is 0.447. The molecule has 0 saturated carbocycles. The largest absolute Gasteiger partial charge is 0.478 e. The van der Waals surface area contributed by atoms with E-state index in [1.807, 2.05) is 0 Å². The number of hydrogen-bond acceptors (Lipinski definition) is 6. The highest BCUT2D eigenvalue weighted by molar-refractivity contribution is 7.92. The van der Waals surface area contributed by atoms with E-state index in [-0.39, 0.29) is 11.4 Å². The number of pyridine rings is 1. The molecule has 0 aliphatic heterocycles. The minimum absolute atomic E-state index is 0.267. The van der Waals surface area contributed by atoms with Crippen molar-refractivity contribution in [3.05, 3.63) is 48.2 Å². The molecule has 2 aromatic rings. The van der Waals surface area contributed by atoms with Gasteiger partial charge in [0.15, 0.2) is 15.7 Å². The number of nitrogens with two attached hydrogens (primary N) is 1. The van der Waals surface area contributed by atoms with E-state index in [0.717, 1.165) is 12.3 Å². The van der Waals surface area contributed by atoms with Gasteiger partial charge in [-0.05, 0) is 18.2 Å². The van der Waals surface area contributed by atoms with Crippen LogP contribution in [0.5, 0.6) is 0 Å². The molecule has 142 valence electrons. The van der Waals surface area contributed by atoms with Crippen molar-refractivity contribution in [1.29, 1.82) is 0 Å². The minimum atomic E-state index is -4.06. The number of aromatic carboxylic acids is 1. The number of aliphatic carboxylic acids is 1. The molecule has 0 fully saturated rings. The van der Waals surface area contributed by atoms with Gasteiger partial charge in [-0.25, -0.2) is 23.0 Å². The van der Waals surface area contributed by atoms with E-state index in [2.05, 4.69) is 4.99 Å². The van der Waals surface area contributed by atoms with Gasteiger partial charge in [-0.3, -0.25) is 4.79 Å². The number of hydrogen-bond donors (Lipinski definition) is 3. The lowest BCUT2D eigenvalue weighted by molar-refractivity contribution is -0.129. The number of rotatable bonds is 7. The van der Waals surface area contributed by atoms with Crippen molar-refractivity contribution in [3.8, 4) is 0 Å². The predicted molar refractivity (Wildman–Crippen MR) is 96.1 cm³/mol. The van der Waals surface area contributed by atoms with Gasteiger partial charge >= 0.3 is 11.9 Å². The first kappa shape index (κ1) is 19.8. The summed E-state index contributed by atoms with van der Waals surface area (Å²) in [6.45, 7) is 0. The standard InChI is InChI=1S/C16H15N3O7S/c1-27(25,26)11(5-6-12(17)20)13(16(23)24)18-14-10(15(21)22)8-9-4-2-3-7-19(9)14/h2-8,11H,1H3,(H2,17,20)(H,21,22)(H,23,24). The van der Waals surface area contributed by atoms with Crippen molar-refractivity contribution in [2.24, 2.45) is 10.7 Å². The van der Waals surface area contributed by atoms with E-state index in [1.54, 1.807) is 18.2 Å². The molecule has 0 aliphatic rings. The molecule has 11 heteroatoms. The van der Waals surface area contributed by atoms with E-state index >= 15 is 0 Å². The third-order valence-electron chi connectivity index (χ3n) is 3.49. The zero-order valence-corrected chi connectivity index (χ0v) is 14.8.